The average molecular weight is 641 g/mol. The number of sulfonamides is 1. The molecule has 2 aromatic carbocycles. The molecule has 0 spiro atoms. The molecule has 0 radical (unpaired) electrons. The first-order valence-corrected chi connectivity index (χ1v) is 17.8. The number of para-hydroxylation sites is 1. The lowest BCUT2D eigenvalue weighted by molar-refractivity contribution is -0.0907. The summed E-state index contributed by atoms with van der Waals surface area (Å²) in [5.41, 5.74) is 0.444. The van der Waals surface area contributed by atoms with Crippen LogP contribution < -0.4 is 14.4 Å². The number of carbonyl (C=O) groups excluding carboxylic acids is 1. The first kappa shape index (κ1) is 30.8. The number of aliphatic hydroxyl groups excluding tert-OH is 1. The molecule has 1 amide bonds. The van der Waals surface area contributed by atoms with Crippen LogP contribution in [-0.4, -0.2) is 71.0 Å². The van der Waals surface area contributed by atoms with Crippen molar-refractivity contribution in [1.82, 2.24) is 5.32 Å². The van der Waals surface area contributed by atoms with E-state index in [0.717, 1.165) is 25.7 Å². The highest BCUT2D eigenvalue weighted by atomic mass is 32.2. The summed E-state index contributed by atoms with van der Waals surface area (Å²) in [5, 5.41) is 15.0. The summed E-state index contributed by atoms with van der Waals surface area (Å²) >= 11 is 0. The van der Waals surface area contributed by atoms with E-state index in [4.69, 9.17) is 18.9 Å². The first-order valence-electron chi connectivity index (χ1n) is 16.3. The second-order valence-corrected chi connectivity index (χ2v) is 15.8. The quantitative estimate of drug-likeness (QED) is 0.362. The number of benzene rings is 2. The zero-order valence-corrected chi connectivity index (χ0v) is 26.6. The third kappa shape index (κ3) is 6.28. The molecule has 10 nitrogen and oxygen atoms in total. The Morgan fingerprint density at radius 2 is 1.69 bits per heavy atom. The zero-order chi connectivity index (χ0) is 31.2. The standard InChI is InChI=1S/C34H44N2O8S/c1-41-26-7-9-27(10-8-26)45(39,40)36(25-5-3-2-4-6-25)20-30(37)29(19-34-16-22-13-23(17-34)15-24(14-22)18-34)35-33(38)44-31-21-43-32-28(31)11-12-42-32/h2-10,22-24,28-32,37H,11-21H2,1H3,(H,35,38)/t22?,23?,24?,28-,29-,30+,31-,32+,34?/m0/s1. The number of fused-ring (bicyclic) bond motifs is 1. The molecule has 2 saturated heterocycles. The second kappa shape index (κ2) is 12.4. The van der Waals surface area contributed by atoms with Gasteiger partial charge < -0.3 is 29.4 Å². The van der Waals surface area contributed by atoms with Gasteiger partial charge in [-0.1, -0.05) is 18.2 Å². The highest BCUT2D eigenvalue weighted by molar-refractivity contribution is 7.92. The maximum Gasteiger partial charge on any atom is 0.407 e. The number of nitrogens with zero attached hydrogens (tertiary/aromatic N) is 1. The Balaban J connectivity index is 1.15. The van der Waals surface area contributed by atoms with Gasteiger partial charge >= 0.3 is 6.09 Å². The summed E-state index contributed by atoms with van der Waals surface area (Å²) in [6, 6.07) is 14.3. The first-order chi connectivity index (χ1) is 21.7. The van der Waals surface area contributed by atoms with E-state index in [1.54, 1.807) is 36.4 Å². The van der Waals surface area contributed by atoms with Crippen LogP contribution >= 0.6 is 0 Å². The van der Waals surface area contributed by atoms with Crippen LogP contribution in [0.25, 0.3) is 0 Å². The van der Waals surface area contributed by atoms with Crippen LogP contribution in [-0.2, 0) is 24.2 Å². The number of aliphatic hydroxyl groups is 1. The van der Waals surface area contributed by atoms with Crippen LogP contribution in [0.1, 0.15) is 51.4 Å². The minimum atomic E-state index is -4.07. The number of anilines is 1. The van der Waals surface area contributed by atoms with E-state index in [1.807, 2.05) is 6.07 Å². The topological polar surface area (TPSA) is 124 Å². The Kier molecular flexibility index (Phi) is 8.47. The minimum Gasteiger partial charge on any atom is -0.497 e. The highest BCUT2D eigenvalue weighted by Crippen LogP contribution is 2.61. The number of alkyl carbamates (subject to hydrolysis) is 1. The SMILES string of the molecule is COc1ccc(S(=O)(=O)N(C[C@@H](O)[C@H](CC23CC4CC(CC(C4)C2)C3)NC(=O)O[C@H]2CO[C@H]3OCC[C@H]32)c2ccccc2)cc1. The fourth-order valence-corrected chi connectivity index (χ4v) is 10.8. The molecule has 0 unspecified atom stereocenters. The molecule has 6 fully saturated rings. The Morgan fingerprint density at radius 1 is 1.02 bits per heavy atom. The zero-order valence-electron chi connectivity index (χ0n) is 25.8. The van der Waals surface area contributed by atoms with Gasteiger partial charge in [-0.2, -0.15) is 0 Å². The van der Waals surface area contributed by atoms with E-state index in [9.17, 15) is 18.3 Å². The van der Waals surface area contributed by atoms with Gasteiger partial charge in [-0.3, -0.25) is 4.31 Å². The van der Waals surface area contributed by atoms with E-state index in [0.29, 0.717) is 42.2 Å². The number of carbonyl (C=O) groups is 1. The predicted octanol–water partition coefficient (Wildman–Crippen LogP) is 4.71. The van der Waals surface area contributed by atoms with Crippen molar-refractivity contribution in [1.29, 1.82) is 0 Å². The molecule has 2 aromatic rings. The number of amides is 1. The molecule has 4 bridgehead atoms. The van der Waals surface area contributed by atoms with Crippen molar-refractivity contribution < 1.29 is 37.3 Å². The van der Waals surface area contributed by atoms with Gasteiger partial charge in [-0.05, 0) is 111 Å². The molecule has 11 heteroatoms. The molecule has 6 aliphatic rings. The second-order valence-electron chi connectivity index (χ2n) is 14.0. The van der Waals surface area contributed by atoms with Gasteiger partial charge in [-0.25, -0.2) is 13.2 Å². The van der Waals surface area contributed by atoms with Gasteiger partial charge in [-0.15, -0.1) is 0 Å². The lowest BCUT2D eigenvalue weighted by atomic mass is 9.48. The van der Waals surface area contributed by atoms with E-state index < -0.39 is 34.4 Å². The molecule has 5 atom stereocenters. The summed E-state index contributed by atoms with van der Waals surface area (Å²) in [6.45, 7) is 0.607. The summed E-state index contributed by atoms with van der Waals surface area (Å²) in [7, 11) is -2.55. The number of ether oxygens (including phenoxy) is 4. The molecule has 4 saturated carbocycles. The third-order valence-electron chi connectivity index (χ3n) is 10.9. The van der Waals surface area contributed by atoms with Crippen molar-refractivity contribution in [3.63, 3.8) is 0 Å². The normalized spacial score (nSPS) is 32.9. The summed E-state index contributed by atoms with van der Waals surface area (Å²) < 4.78 is 51.8. The van der Waals surface area contributed by atoms with Gasteiger partial charge in [0.25, 0.3) is 10.0 Å². The van der Waals surface area contributed by atoms with Crippen LogP contribution in [0, 0.1) is 29.1 Å². The van der Waals surface area contributed by atoms with Crippen LogP contribution in [0.5, 0.6) is 5.75 Å². The molecule has 2 aliphatic heterocycles. The monoisotopic (exact) mass is 640 g/mol. The number of methoxy groups -OCH3 is 1. The van der Waals surface area contributed by atoms with Crippen LogP contribution in [0.15, 0.2) is 59.5 Å². The summed E-state index contributed by atoms with van der Waals surface area (Å²) in [6.07, 6.45) is 5.84. The predicted molar refractivity (Wildman–Crippen MR) is 166 cm³/mol. The van der Waals surface area contributed by atoms with Crippen molar-refractivity contribution in [2.24, 2.45) is 29.1 Å². The molecule has 8 rings (SSSR count). The Hall–Kier alpha value is -2.86. The largest absolute Gasteiger partial charge is 0.497 e. The van der Waals surface area contributed by atoms with Gasteiger partial charge in [0.2, 0.25) is 0 Å². The molecular formula is C34H44N2O8S. The van der Waals surface area contributed by atoms with Crippen LogP contribution in [0.2, 0.25) is 0 Å². The average Bonchev–Trinajstić information content (AvgIpc) is 3.64. The fourth-order valence-electron chi connectivity index (χ4n) is 9.27. The van der Waals surface area contributed by atoms with E-state index in [-0.39, 0.29) is 35.7 Å². The lowest BCUT2D eigenvalue weighted by Gasteiger charge is -2.58. The Morgan fingerprint density at radius 3 is 2.33 bits per heavy atom. The van der Waals surface area contributed by atoms with Crippen molar-refractivity contribution in [3.8, 4) is 5.75 Å². The summed E-state index contributed by atoms with van der Waals surface area (Å²) in [5.74, 6) is 2.60. The van der Waals surface area contributed by atoms with Gasteiger partial charge in [0.1, 0.15) is 11.9 Å². The maximum atomic E-state index is 14.1. The molecule has 45 heavy (non-hydrogen) atoms. The van der Waals surface area contributed by atoms with Gasteiger partial charge in [0, 0.05) is 0 Å². The maximum absolute atomic E-state index is 14.1. The van der Waals surface area contributed by atoms with Crippen molar-refractivity contribution >= 4 is 21.8 Å². The van der Waals surface area contributed by atoms with E-state index in [2.05, 4.69) is 5.32 Å². The molecule has 2 heterocycles. The number of rotatable bonds is 11. The number of hydrogen-bond acceptors (Lipinski definition) is 8. The molecule has 4 aliphatic carbocycles. The van der Waals surface area contributed by atoms with Gasteiger partial charge in [0.15, 0.2) is 6.29 Å². The molecule has 2 N–H and O–H groups in total. The smallest absolute Gasteiger partial charge is 0.407 e. The third-order valence-corrected chi connectivity index (χ3v) is 12.7. The van der Waals surface area contributed by atoms with Crippen molar-refractivity contribution in [2.75, 3.05) is 31.2 Å². The van der Waals surface area contributed by atoms with E-state index in [1.165, 1.54) is 42.8 Å². The lowest BCUT2D eigenvalue weighted by Crippen LogP contribution is -2.55. The van der Waals surface area contributed by atoms with Crippen LogP contribution in [0.3, 0.4) is 0 Å². The van der Waals surface area contributed by atoms with Crippen LogP contribution in [0.4, 0.5) is 10.5 Å². The van der Waals surface area contributed by atoms with Crippen molar-refractivity contribution in [3.05, 3.63) is 54.6 Å². The number of nitrogens with one attached hydrogen (secondary N) is 1. The van der Waals surface area contributed by atoms with Crippen molar-refractivity contribution in [2.45, 2.75) is 80.8 Å². The molecule has 0 aromatic heterocycles. The highest BCUT2D eigenvalue weighted by Gasteiger charge is 2.52. The van der Waals surface area contributed by atoms with E-state index >= 15 is 0 Å². The molecular weight excluding hydrogens is 596 g/mol. The summed E-state index contributed by atoms with van der Waals surface area (Å²) in [4.78, 5) is 13.5. The minimum absolute atomic E-state index is 0.00881. The number of hydrogen-bond donors (Lipinski definition) is 2. The Bertz CT molecular complexity index is 1420. The van der Waals surface area contributed by atoms with Gasteiger partial charge in [0.05, 0.1) is 55.5 Å². The fraction of sp³-hybridized carbons (Fsp3) is 0.618. The molecule has 244 valence electrons. The Labute approximate surface area is 265 Å².